The van der Waals surface area contributed by atoms with E-state index in [1.165, 1.54) is 0 Å². The molecule has 332 valence electrons. The van der Waals surface area contributed by atoms with E-state index < -0.39 is 30.9 Å². The number of imide groups is 2. The molecule has 5 amide bonds. The van der Waals surface area contributed by atoms with Gasteiger partial charge in [-0.1, -0.05) is 6.07 Å². The third-order valence-electron chi connectivity index (χ3n) is 12.3. The van der Waals surface area contributed by atoms with Crippen molar-refractivity contribution in [2.24, 2.45) is 0 Å². The topological polar surface area (TPSA) is 198 Å². The molecule has 6 heterocycles. The first-order valence-electron chi connectivity index (χ1n) is 21.1. The average molecular weight is 952 g/mol. The van der Waals surface area contributed by atoms with Crippen LogP contribution in [0.2, 0.25) is 0 Å². The van der Waals surface area contributed by atoms with Gasteiger partial charge in [0.15, 0.2) is 0 Å². The minimum absolute atomic E-state index is 0.0151. The first-order chi connectivity index (χ1) is 30.7. The van der Waals surface area contributed by atoms with Crippen LogP contribution < -0.4 is 30.9 Å². The predicted octanol–water partition coefficient (Wildman–Crippen LogP) is 5.47. The zero-order valence-electron chi connectivity index (χ0n) is 35.9. The molecule has 0 bridgehead atoms. The van der Waals surface area contributed by atoms with Crippen LogP contribution in [0.3, 0.4) is 0 Å². The summed E-state index contributed by atoms with van der Waals surface area (Å²) in [7, 11) is -1.13. The summed E-state index contributed by atoms with van der Waals surface area (Å²) >= 11 is 3.58. The van der Waals surface area contributed by atoms with Gasteiger partial charge in [-0.05, 0) is 90.5 Å². The molecule has 5 aromatic rings. The number of aryl methyl sites for hydroxylation is 1. The Labute approximate surface area is 378 Å². The summed E-state index contributed by atoms with van der Waals surface area (Å²) in [6, 6.07) is 12.8. The lowest BCUT2D eigenvalue weighted by Crippen LogP contribution is -2.58. The highest BCUT2D eigenvalue weighted by Gasteiger charge is 2.43. The summed E-state index contributed by atoms with van der Waals surface area (Å²) in [5, 5.41) is 11.3. The second-order valence-corrected chi connectivity index (χ2v) is 20.8. The quantitative estimate of drug-likeness (QED) is 0.111. The number of ether oxygens (including phenoxy) is 1. The SMILES string of the molecule is COc1cc(N2CCC(N3CCN(Cc4ccc5c(c4)C(=O)N(N4CCC(=O)NC4=O)C5=O)CC3)CC2)c(C)cc1Nc1ncc(Br)c(Nc2ccc3nccnc3c2P(C)(C)=O)n1. The molecule has 4 aliphatic rings. The number of fused-ring (bicyclic) bond motifs is 2. The minimum atomic E-state index is -2.78. The van der Waals surface area contributed by atoms with Crippen LogP contribution in [0.5, 0.6) is 5.75 Å². The van der Waals surface area contributed by atoms with Crippen LogP contribution in [-0.2, 0) is 15.9 Å². The molecule has 18 nitrogen and oxygen atoms in total. The number of aromatic nitrogens is 4. The van der Waals surface area contributed by atoms with Gasteiger partial charge < -0.3 is 24.8 Å². The number of hydrogen-bond donors (Lipinski definition) is 3. The maximum absolute atomic E-state index is 13.5. The van der Waals surface area contributed by atoms with Crippen molar-refractivity contribution in [3.05, 3.63) is 87.8 Å². The number of nitrogens with one attached hydrogen (secondary N) is 3. The number of benzene rings is 3. The molecule has 3 fully saturated rings. The molecular formula is C44H48BrN12O6P. The van der Waals surface area contributed by atoms with E-state index in [4.69, 9.17) is 9.72 Å². The van der Waals surface area contributed by atoms with Crippen LogP contribution in [0.1, 0.15) is 51.1 Å². The van der Waals surface area contributed by atoms with Crippen LogP contribution in [0.25, 0.3) is 11.0 Å². The van der Waals surface area contributed by atoms with E-state index in [1.807, 2.05) is 18.2 Å². The van der Waals surface area contributed by atoms with E-state index in [-0.39, 0.29) is 24.1 Å². The first kappa shape index (κ1) is 43.3. The Morgan fingerprint density at radius 1 is 0.859 bits per heavy atom. The Kier molecular flexibility index (Phi) is 11.8. The lowest BCUT2D eigenvalue weighted by molar-refractivity contribution is -0.122. The highest BCUT2D eigenvalue weighted by Crippen LogP contribution is 2.42. The van der Waals surface area contributed by atoms with Crippen LogP contribution >= 0.6 is 23.1 Å². The number of amides is 5. The Balaban J connectivity index is 0.800. The van der Waals surface area contributed by atoms with E-state index in [0.29, 0.717) is 56.6 Å². The summed E-state index contributed by atoms with van der Waals surface area (Å²) in [6.07, 6.45) is 6.95. The number of halogens is 1. The molecule has 64 heavy (non-hydrogen) atoms. The Morgan fingerprint density at radius 3 is 2.34 bits per heavy atom. The monoisotopic (exact) mass is 950 g/mol. The van der Waals surface area contributed by atoms with Crippen LogP contribution in [0, 0.1) is 6.92 Å². The fourth-order valence-electron chi connectivity index (χ4n) is 9.07. The summed E-state index contributed by atoms with van der Waals surface area (Å²) in [5.41, 5.74) is 6.26. The molecule has 0 unspecified atom stereocenters. The molecule has 20 heteroatoms. The van der Waals surface area contributed by atoms with Gasteiger partial charge in [0.25, 0.3) is 11.8 Å². The Bertz CT molecular complexity index is 2750. The minimum Gasteiger partial charge on any atom is -0.494 e. The molecule has 0 radical (unpaired) electrons. The molecule has 0 atom stereocenters. The predicted molar refractivity (Wildman–Crippen MR) is 247 cm³/mol. The third-order valence-corrected chi connectivity index (χ3v) is 14.4. The summed E-state index contributed by atoms with van der Waals surface area (Å²) < 4.78 is 20.0. The van der Waals surface area contributed by atoms with Crippen molar-refractivity contribution < 1.29 is 28.5 Å². The molecule has 3 aromatic carbocycles. The second-order valence-electron chi connectivity index (χ2n) is 16.8. The van der Waals surface area contributed by atoms with E-state index >= 15 is 0 Å². The van der Waals surface area contributed by atoms with Gasteiger partial charge in [0.05, 0.1) is 51.5 Å². The van der Waals surface area contributed by atoms with Gasteiger partial charge in [0.1, 0.15) is 24.2 Å². The van der Waals surface area contributed by atoms with Crippen molar-refractivity contribution in [1.29, 1.82) is 0 Å². The van der Waals surface area contributed by atoms with E-state index in [2.05, 4.69) is 80.6 Å². The summed E-state index contributed by atoms with van der Waals surface area (Å²) in [4.78, 5) is 76.0. The average Bonchev–Trinajstić information content (AvgIpc) is 3.52. The Hall–Kier alpha value is -6.01. The van der Waals surface area contributed by atoms with Crippen molar-refractivity contribution in [2.75, 3.05) is 81.8 Å². The molecule has 3 N–H and O–H groups in total. The fraction of sp³-hybridized carbons (Fsp3) is 0.364. The number of methoxy groups -OCH3 is 1. The van der Waals surface area contributed by atoms with Crippen molar-refractivity contribution in [3.63, 3.8) is 0 Å². The van der Waals surface area contributed by atoms with Crippen LogP contribution in [0.4, 0.5) is 33.6 Å². The number of carbonyl (C=O) groups is 4. The van der Waals surface area contributed by atoms with Gasteiger partial charge in [0.2, 0.25) is 11.9 Å². The summed E-state index contributed by atoms with van der Waals surface area (Å²) in [6.45, 7) is 11.6. The highest BCUT2D eigenvalue weighted by atomic mass is 79.9. The molecule has 4 aliphatic heterocycles. The summed E-state index contributed by atoms with van der Waals surface area (Å²) in [5.74, 6) is -0.0500. The molecule has 0 saturated carbocycles. The molecular weight excluding hydrogens is 903 g/mol. The standard InChI is InChI=1S/C44H48BrN12O6P/c1-26-21-34(50-43-48-24-31(45)40(52-43)49-33-8-7-32-38(47-13-12-46-32)39(33)64(3,4)62)36(63-2)23-35(26)55-14-9-28(10-15-55)54-19-17-53(18-20-54)25-27-5-6-29-30(22-27)42(60)57(41(29)59)56-16-11-37(58)51-44(56)61/h5-8,12-13,21-24,28H,9-11,14-20,25H2,1-4H3,(H,51,58,61)(H2,48,49,50,52). The normalized spacial score (nSPS) is 17.9. The first-order valence-corrected chi connectivity index (χ1v) is 24.5. The number of piperazine rings is 1. The second kappa shape index (κ2) is 17.5. The van der Waals surface area contributed by atoms with Crippen molar-refractivity contribution in [2.45, 2.75) is 38.8 Å². The number of urea groups is 1. The van der Waals surface area contributed by atoms with Crippen molar-refractivity contribution in [3.8, 4) is 5.75 Å². The van der Waals surface area contributed by atoms with Gasteiger partial charge in [-0.3, -0.25) is 39.5 Å². The number of rotatable bonds is 11. The molecule has 9 rings (SSSR count). The van der Waals surface area contributed by atoms with E-state index in [9.17, 15) is 23.7 Å². The van der Waals surface area contributed by atoms with Gasteiger partial charge in [0, 0.05) is 88.6 Å². The number of carbonyl (C=O) groups excluding carboxylic acids is 4. The number of hydrogen-bond acceptors (Lipinski definition) is 15. The lowest BCUT2D eigenvalue weighted by Gasteiger charge is -2.43. The van der Waals surface area contributed by atoms with Crippen LogP contribution in [-0.4, -0.2) is 136 Å². The number of hydrazine groups is 1. The van der Waals surface area contributed by atoms with Crippen molar-refractivity contribution >= 4 is 92.0 Å². The van der Waals surface area contributed by atoms with Crippen LogP contribution in [0.15, 0.2) is 65.5 Å². The van der Waals surface area contributed by atoms with E-state index in [1.54, 1.807) is 51.2 Å². The highest BCUT2D eigenvalue weighted by molar-refractivity contribution is 9.10. The zero-order valence-corrected chi connectivity index (χ0v) is 38.4. The number of piperidine rings is 1. The maximum atomic E-state index is 13.5. The van der Waals surface area contributed by atoms with Gasteiger partial charge in [-0.15, -0.1) is 0 Å². The maximum Gasteiger partial charge on any atom is 0.343 e. The molecule has 3 saturated heterocycles. The Morgan fingerprint density at radius 2 is 1.61 bits per heavy atom. The van der Waals surface area contributed by atoms with Gasteiger partial charge in [-0.2, -0.15) is 9.99 Å². The van der Waals surface area contributed by atoms with Crippen molar-refractivity contribution in [1.82, 2.24) is 45.1 Å². The smallest absolute Gasteiger partial charge is 0.343 e. The number of anilines is 5. The largest absolute Gasteiger partial charge is 0.494 e. The van der Waals surface area contributed by atoms with Gasteiger partial charge >= 0.3 is 6.03 Å². The zero-order chi connectivity index (χ0) is 44.9. The molecule has 2 aromatic heterocycles. The van der Waals surface area contributed by atoms with E-state index in [0.717, 1.165) is 84.6 Å². The lowest BCUT2D eigenvalue weighted by atomic mass is 10.00. The molecule has 0 aliphatic carbocycles. The molecule has 0 spiro atoms. The fourth-order valence-corrected chi connectivity index (χ4v) is 10.8. The van der Waals surface area contributed by atoms with Gasteiger partial charge in [-0.25, -0.2) is 14.8 Å². The number of nitrogens with zero attached hydrogens (tertiary/aromatic N) is 9. The third kappa shape index (κ3) is 8.52.